The van der Waals surface area contributed by atoms with E-state index in [1.54, 1.807) is 6.92 Å². The Balaban J connectivity index is 2.25. The van der Waals surface area contributed by atoms with Gasteiger partial charge in [-0.05, 0) is 36.6 Å². The maximum atomic E-state index is 13.1. The quantitative estimate of drug-likeness (QED) is 0.908. The zero-order valence-corrected chi connectivity index (χ0v) is 11.6. The summed E-state index contributed by atoms with van der Waals surface area (Å²) in [6.45, 7) is 2.36. The first-order valence-corrected chi connectivity index (χ1v) is 7.96. The topological polar surface area (TPSA) is 69.4 Å². The van der Waals surface area contributed by atoms with Gasteiger partial charge in [0.05, 0.1) is 17.1 Å². The van der Waals surface area contributed by atoms with Crippen molar-refractivity contribution in [3.05, 3.63) is 35.1 Å². The van der Waals surface area contributed by atoms with Crippen LogP contribution < -0.4 is 5.73 Å². The van der Waals surface area contributed by atoms with Crippen LogP contribution in [0.1, 0.15) is 24.5 Å². The molecule has 6 heteroatoms. The molecule has 1 aliphatic rings. The molecule has 0 amide bonds. The van der Waals surface area contributed by atoms with Crippen LogP contribution in [0.5, 0.6) is 0 Å². The average molecular weight is 287 g/mol. The lowest BCUT2D eigenvalue weighted by Crippen LogP contribution is -2.29. The SMILES string of the molecule is CC1OCCC1S(=O)(=O)Cc1ccc(F)cc1CN. The van der Waals surface area contributed by atoms with Crippen molar-refractivity contribution in [2.24, 2.45) is 5.73 Å². The molecule has 2 rings (SSSR count). The van der Waals surface area contributed by atoms with E-state index in [0.717, 1.165) is 0 Å². The number of benzene rings is 1. The fourth-order valence-electron chi connectivity index (χ4n) is 2.43. The van der Waals surface area contributed by atoms with Crippen LogP contribution in [0.3, 0.4) is 0 Å². The molecular weight excluding hydrogens is 269 g/mol. The van der Waals surface area contributed by atoms with Crippen molar-refractivity contribution in [2.45, 2.75) is 37.0 Å². The lowest BCUT2D eigenvalue weighted by atomic mass is 10.1. The van der Waals surface area contributed by atoms with Crippen molar-refractivity contribution >= 4 is 9.84 Å². The van der Waals surface area contributed by atoms with Gasteiger partial charge in [-0.3, -0.25) is 0 Å². The standard InChI is InChI=1S/C13H18FNO3S/c1-9-13(4-5-18-9)19(16,17)8-10-2-3-12(14)6-11(10)7-15/h2-3,6,9,13H,4-5,7-8,15H2,1H3. The second-order valence-electron chi connectivity index (χ2n) is 4.83. The number of halogens is 1. The Labute approximate surface area is 112 Å². The largest absolute Gasteiger partial charge is 0.377 e. The van der Waals surface area contributed by atoms with Gasteiger partial charge in [-0.15, -0.1) is 0 Å². The minimum atomic E-state index is -3.31. The maximum Gasteiger partial charge on any atom is 0.159 e. The van der Waals surface area contributed by atoms with Crippen molar-refractivity contribution in [1.29, 1.82) is 0 Å². The fourth-order valence-corrected chi connectivity index (χ4v) is 4.48. The molecule has 2 unspecified atom stereocenters. The summed E-state index contributed by atoms with van der Waals surface area (Å²) in [6, 6.07) is 4.05. The monoisotopic (exact) mass is 287 g/mol. The van der Waals surface area contributed by atoms with Crippen LogP contribution in [0.25, 0.3) is 0 Å². The fraction of sp³-hybridized carbons (Fsp3) is 0.538. The van der Waals surface area contributed by atoms with Gasteiger partial charge in [0.15, 0.2) is 9.84 Å². The summed E-state index contributed by atoms with van der Waals surface area (Å²) in [5.74, 6) is -0.516. The summed E-state index contributed by atoms with van der Waals surface area (Å²) in [6.07, 6.45) is 0.231. The Morgan fingerprint density at radius 1 is 1.42 bits per heavy atom. The molecule has 0 aliphatic carbocycles. The minimum absolute atomic E-state index is 0.113. The number of sulfone groups is 1. The highest BCUT2D eigenvalue weighted by atomic mass is 32.2. The summed E-state index contributed by atoms with van der Waals surface area (Å²) in [5, 5.41) is -0.483. The Morgan fingerprint density at radius 3 is 2.74 bits per heavy atom. The molecule has 2 atom stereocenters. The van der Waals surface area contributed by atoms with Crippen LogP contribution in [-0.4, -0.2) is 26.4 Å². The highest BCUT2D eigenvalue weighted by molar-refractivity contribution is 7.91. The zero-order valence-electron chi connectivity index (χ0n) is 10.8. The molecule has 2 N–H and O–H groups in total. The Morgan fingerprint density at radius 2 is 2.16 bits per heavy atom. The van der Waals surface area contributed by atoms with Crippen molar-refractivity contribution < 1.29 is 17.5 Å². The summed E-state index contributed by atoms with van der Waals surface area (Å²) in [4.78, 5) is 0. The van der Waals surface area contributed by atoms with Gasteiger partial charge >= 0.3 is 0 Å². The van der Waals surface area contributed by atoms with E-state index in [0.29, 0.717) is 24.2 Å². The smallest absolute Gasteiger partial charge is 0.159 e. The Bertz CT molecular complexity index is 559. The summed E-state index contributed by atoms with van der Waals surface area (Å²) < 4.78 is 43.1. The van der Waals surface area contributed by atoms with E-state index in [4.69, 9.17) is 10.5 Å². The molecule has 106 valence electrons. The molecule has 1 fully saturated rings. The maximum absolute atomic E-state index is 13.1. The number of hydrogen-bond donors (Lipinski definition) is 1. The Kier molecular flexibility index (Phi) is 4.23. The molecule has 0 saturated carbocycles. The van der Waals surface area contributed by atoms with Gasteiger partial charge in [-0.25, -0.2) is 12.8 Å². The molecule has 1 heterocycles. The number of hydrogen-bond acceptors (Lipinski definition) is 4. The highest BCUT2D eigenvalue weighted by Gasteiger charge is 2.35. The lowest BCUT2D eigenvalue weighted by Gasteiger charge is -2.16. The number of rotatable bonds is 4. The molecule has 0 radical (unpaired) electrons. The third-order valence-electron chi connectivity index (χ3n) is 3.51. The van der Waals surface area contributed by atoms with E-state index >= 15 is 0 Å². The van der Waals surface area contributed by atoms with E-state index in [2.05, 4.69) is 0 Å². The lowest BCUT2D eigenvalue weighted by molar-refractivity contribution is 0.126. The summed E-state index contributed by atoms with van der Waals surface area (Å²) in [5.41, 5.74) is 6.64. The van der Waals surface area contributed by atoms with Gasteiger partial charge in [-0.1, -0.05) is 6.07 Å². The second kappa shape index (κ2) is 5.56. The van der Waals surface area contributed by atoms with Gasteiger partial charge in [0.25, 0.3) is 0 Å². The number of ether oxygens (including phenoxy) is 1. The van der Waals surface area contributed by atoms with E-state index in [-0.39, 0.29) is 18.4 Å². The van der Waals surface area contributed by atoms with E-state index < -0.39 is 20.9 Å². The first-order valence-electron chi connectivity index (χ1n) is 6.24. The highest BCUT2D eigenvalue weighted by Crippen LogP contribution is 2.25. The molecule has 1 saturated heterocycles. The zero-order chi connectivity index (χ0) is 14.0. The first kappa shape index (κ1) is 14.4. The second-order valence-corrected chi connectivity index (χ2v) is 7.05. The van der Waals surface area contributed by atoms with Crippen molar-refractivity contribution in [1.82, 2.24) is 0 Å². The van der Waals surface area contributed by atoms with Crippen LogP contribution in [0, 0.1) is 5.82 Å². The third-order valence-corrected chi connectivity index (χ3v) is 5.77. The summed E-state index contributed by atoms with van der Waals surface area (Å²) in [7, 11) is -3.31. The molecule has 1 aliphatic heterocycles. The Hall–Kier alpha value is -0.980. The average Bonchev–Trinajstić information content (AvgIpc) is 2.78. The predicted molar refractivity (Wildman–Crippen MR) is 70.7 cm³/mol. The van der Waals surface area contributed by atoms with E-state index in [1.165, 1.54) is 18.2 Å². The van der Waals surface area contributed by atoms with Crippen molar-refractivity contribution in [3.8, 4) is 0 Å². The molecule has 1 aromatic carbocycles. The van der Waals surface area contributed by atoms with Crippen LogP contribution in [-0.2, 0) is 26.9 Å². The van der Waals surface area contributed by atoms with Crippen molar-refractivity contribution in [3.63, 3.8) is 0 Å². The van der Waals surface area contributed by atoms with Crippen LogP contribution in [0.2, 0.25) is 0 Å². The molecule has 0 spiro atoms. The minimum Gasteiger partial charge on any atom is -0.377 e. The normalized spacial score (nSPS) is 23.7. The predicted octanol–water partition coefficient (Wildman–Crippen LogP) is 1.38. The molecular formula is C13H18FNO3S. The van der Waals surface area contributed by atoms with Crippen LogP contribution in [0.15, 0.2) is 18.2 Å². The number of nitrogens with two attached hydrogens (primary N) is 1. The van der Waals surface area contributed by atoms with Gasteiger partial charge in [-0.2, -0.15) is 0 Å². The molecule has 4 nitrogen and oxygen atoms in total. The van der Waals surface area contributed by atoms with Crippen LogP contribution >= 0.6 is 0 Å². The van der Waals surface area contributed by atoms with Crippen LogP contribution in [0.4, 0.5) is 4.39 Å². The van der Waals surface area contributed by atoms with Crippen molar-refractivity contribution in [2.75, 3.05) is 6.61 Å². The molecule has 1 aromatic rings. The van der Waals surface area contributed by atoms with Gasteiger partial charge in [0.1, 0.15) is 5.82 Å². The third kappa shape index (κ3) is 3.13. The molecule has 19 heavy (non-hydrogen) atoms. The first-order chi connectivity index (χ1) is 8.94. The van der Waals surface area contributed by atoms with Gasteiger partial charge in [0.2, 0.25) is 0 Å². The molecule has 0 aromatic heterocycles. The van der Waals surface area contributed by atoms with Gasteiger partial charge in [0, 0.05) is 13.2 Å². The van der Waals surface area contributed by atoms with E-state index in [1.807, 2.05) is 0 Å². The van der Waals surface area contributed by atoms with E-state index in [9.17, 15) is 12.8 Å². The van der Waals surface area contributed by atoms with Gasteiger partial charge < -0.3 is 10.5 Å². The summed E-state index contributed by atoms with van der Waals surface area (Å²) >= 11 is 0. The molecule has 0 bridgehead atoms.